The minimum absolute atomic E-state index is 0.209. The van der Waals surface area contributed by atoms with Gasteiger partial charge in [0, 0.05) is 28.4 Å². The number of hydrogen-bond acceptors (Lipinski definition) is 2. The van der Waals surface area contributed by atoms with Crippen molar-refractivity contribution in [1.82, 2.24) is 5.32 Å². The zero-order valence-electron chi connectivity index (χ0n) is 15.5. The van der Waals surface area contributed by atoms with Crippen LogP contribution in [-0.4, -0.2) is 18.4 Å². The first-order valence-corrected chi connectivity index (χ1v) is 9.40. The molecule has 2 N–H and O–H groups in total. The van der Waals surface area contributed by atoms with Gasteiger partial charge in [-0.3, -0.25) is 9.59 Å². The Morgan fingerprint density at radius 1 is 0.857 bits per heavy atom. The Bertz CT molecular complexity index is 984. The summed E-state index contributed by atoms with van der Waals surface area (Å²) in [7, 11) is 0. The summed E-state index contributed by atoms with van der Waals surface area (Å²) in [5.74, 6) is -0.454. The zero-order chi connectivity index (χ0) is 19.9. The molecule has 0 unspecified atom stereocenters. The minimum atomic E-state index is -0.245. The van der Waals surface area contributed by atoms with Crippen molar-refractivity contribution in [2.24, 2.45) is 0 Å². The van der Waals surface area contributed by atoms with Gasteiger partial charge in [0.15, 0.2) is 0 Å². The first-order valence-electron chi connectivity index (χ1n) is 9.02. The van der Waals surface area contributed by atoms with E-state index in [4.69, 9.17) is 11.6 Å². The summed E-state index contributed by atoms with van der Waals surface area (Å²) in [5.41, 5.74) is 3.72. The van der Waals surface area contributed by atoms with Crippen molar-refractivity contribution in [3.8, 4) is 0 Å². The molecule has 0 saturated heterocycles. The monoisotopic (exact) mass is 392 g/mol. The molecule has 4 nitrogen and oxygen atoms in total. The lowest BCUT2D eigenvalue weighted by atomic mass is 10.1. The van der Waals surface area contributed by atoms with E-state index in [1.54, 1.807) is 24.3 Å². The molecule has 0 spiro atoms. The largest absolute Gasteiger partial charge is 0.352 e. The number of nitrogens with one attached hydrogen (secondary N) is 2. The number of para-hydroxylation sites is 1. The van der Waals surface area contributed by atoms with E-state index in [-0.39, 0.29) is 11.8 Å². The molecule has 3 rings (SSSR count). The van der Waals surface area contributed by atoms with Crippen molar-refractivity contribution >= 4 is 29.1 Å². The Labute approximate surface area is 169 Å². The highest BCUT2D eigenvalue weighted by Crippen LogP contribution is 2.15. The highest BCUT2D eigenvalue weighted by atomic mass is 35.5. The van der Waals surface area contributed by atoms with Crippen molar-refractivity contribution in [3.05, 3.63) is 100 Å². The van der Waals surface area contributed by atoms with Gasteiger partial charge in [-0.25, -0.2) is 0 Å². The molecule has 0 bridgehead atoms. The molecule has 0 radical (unpaired) electrons. The van der Waals surface area contributed by atoms with Crippen LogP contribution in [0, 0.1) is 6.92 Å². The second-order valence-electron chi connectivity index (χ2n) is 6.48. The topological polar surface area (TPSA) is 58.2 Å². The molecule has 0 heterocycles. The quantitative estimate of drug-likeness (QED) is 0.628. The van der Waals surface area contributed by atoms with Gasteiger partial charge in [-0.05, 0) is 60.9 Å². The van der Waals surface area contributed by atoms with Gasteiger partial charge in [-0.15, -0.1) is 0 Å². The SMILES string of the molecule is Cc1ccccc1NC(=O)c1cccc(C(=O)NCCc2ccc(Cl)cc2)c1. The first-order chi connectivity index (χ1) is 13.5. The van der Waals surface area contributed by atoms with E-state index >= 15 is 0 Å². The summed E-state index contributed by atoms with van der Waals surface area (Å²) in [5, 5.41) is 6.45. The van der Waals surface area contributed by atoms with Crippen molar-refractivity contribution in [2.75, 3.05) is 11.9 Å². The molecule has 0 aliphatic rings. The Kier molecular flexibility index (Phi) is 6.45. The molecule has 0 aliphatic heterocycles. The van der Waals surface area contributed by atoms with Gasteiger partial charge in [0.2, 0.25) is 0 Å². The third kappa shape index (κ3) is 5.21. The van der Waals surface area contributed by atoms with Crippen LogP contribution in [0.25, 0.3) is 0 Å². The number of halogens is 1. The van der Waals surface area contributed by atoms with E-state index in [0.29, 0.717) is 29.1 Å². The van der Waals surface area contributed by atoms with Gasteiger partial charge >= 0.3 is 0 Å². The lowest BCUT2D eigenvalue weighted by Gasteiger charge is -2.10. The number of aryl methyl sites for hydroxylation is 1. The smallest absolute Gasteiger partial charge is 0.255 e. The number of carbonyl (C=O) groups is 2. The molecule has 0 aliphatic carbocycles. The average molecular weight is 393 g/mol. The third-order valence-corrected chi connectivity index (χ3v) is 4.64. The fourth-order valence-corrected chi connectivity index (χ4v) is 2.91. The number of carbonyl (C=O) groups excluding carboxylic acids is 2. The predicted octanol–water partition coefficient (Wildman–Crippen LogP) is 4.87. The normalized spacial score (nSPS) is 10.4. The van der Waals surface area contributed by atoms with Gasteiger partial charge in [0.05, 0.1) is 0 Å². The number of anilines is 1. The number of rotatable bonds is 6. The van der Waals surface area contributed by atoms with Crippen LogP contribution >= 0.6 is 11.6 Å². The van der Waals surface area contributed by atoms with Crippen molar-refractivity contribution in [1.29, 1.82) is 0 Å². The molecule has 28 heavy (non-hydrogen) atoms. The van der Waals surface area contributed by atoms with Gasteiger partial charge in [0.25, 0.3) is 11.8 Å². The van der Waals surface area contributed by atoms with E-state index in [1.165, 1.54) is 0 Å². The molecule has 3 aromatic rings. The lowest BCUT2D eigenvalue weighted by Crippen LogP contribution is -2.26. The molecular weight excluding hydrogens is 372 g/mol. The van der Waals surface area contributed by atoms with Crippen LogP contribution in [0.5, 0.6) is 0 Å². The Hall–Kier alpha value is -3.11. The predicted molar refractivity (Wildman–Crippen MR) is 113 cm³/mol. The molecule has 142 valence electrons. The van der Waals surface area contributed by atoms with Gasteiger partial charge in [-0.2, -0.15) is 0 Å². The van der Waals surface area contributed by atoms with E-state index in [9.17, 15) is 9.59 Å². The molecule has 0 saturated carbocycles. The summed E-state index contributed by atoms with van der Waals surface area (Å²) >= 11 is 5.87. The van der Waals surface area contributed by atoms with Crippen molar-refractivity contribution in [3.63, 3.8) is 0 Å². The lowest BCUT2D eigenvalue weighted by molar-refractivity contribution is 0.0954. The Balaban J connectivity index is 1.60. The van der Waals surface area contributed by atoms with E-state index in [2.05, 4.69) is 10.6 Å². The van der Waals surface area contributed by atoms with E-state index < -0.39 is 0 Å². The van der Waals surface area contributed by atoms with Crippen LogP contribution in [0.4, 0.5) is 5.69 Å². The highest BCUT2D eigenvalue weighted by molar-refractivity contribution is 6.30. The molecule has 2 amide bonds. The molecule has 0 aromatic heterocycles. The summed E-state index contributed by atoms with van der Waals surface area (Å²) in [4.78, 5) is 24.9. The van der Waals surface area contributed by atoms with Crippen LogP contribution in [0.1, 0.15) is 31.8 Å². The van der Waals surface area contributed by atoms with Crippen molar-refractivity contribution < 1.29 is 9.59 Å². The van der Waals surface area contributed by atoms with Gasteiger partial charge < -0.3 is 10.6 Å². The van der Waals surface area contributed by atoms with Gasteiger partial charge in [0.1, 0.15) is 0 Å². The van der Waals surface area contributed by atoms with E-state index in [0.717, 1.165) is 16.8 Å². The fourth-order valence-electron chi connectivity index (χ4n) is 2.78. The van der Waals surface area contributed by atoms with Crippen LogP contribution in [0.2, 0.25) is 5.02 Å². The molecule has 0 fully saturated rings. The zero-order valence-corrected chi connectivity index (χ0v) is 16.3. The Morgan fingerprint density at radius 3 is 2.25 bits per heavy atom. The highest BCUT2D eigenvalue weighted by Gasteiger charge is 2.11. The molecule has 3 aromatic carbocycles. The maximum atomic E-state index is 12.5. The summed E-state index contributed by atoms with van der Waals surface area (Å²) in [6, 6.07) is 21.8. The minimum Gasteiger partial charge on any atom is -0.352 e. The fraction of sp³-hybridized carbons (Fsp3) is 0.130. The number of hydrogen-bond donors (Lipinski definition) is 2. The summed E-state index contributed by atoms with van der Waals surface area (Å²) in [6.07, 6.45) is 0.705. The van der Waals surface area contributed by atoms with Crippen molar-refractivity contribution in [2.45, 2.75) is 13.3 Å². The number of amides is 2. The van der Waals surface area contributed by atoms with E-state index in [1.807, 2.05) is 55.5 Å². The standard InChI is InChI=1S/C23H21ClN2O2/c1-16-5-2-3-8-21(16)26-23(28)19-7-4-6-18(15-19)22(27)25-14-13-17-9-11-20(24)12-10-17/h2-12,15H,13-14H2,1H3,(H,25,27)(H,26,28). The van der Waals surface area contributed by atoms with Crippen LogP contribution in [0.3, 0.4) is 0 Å². The molecule has 5 heteroatoms. The maximum Gasteiger partial charge on any atom is 0.255 e. The second kappa shape index (κ2) is 9.20. The summed E-state index contributed by atoms with van der Waals surface area (Å²) < 4.78 is 0. The third-order valence-electron chi connectivity index (χ3n) is 4.39. The molecule has 0 atom stereocenters. The molecular formula is C23H21ClN2O2. The van der Waals surface area contributed by atoms with Gasteiger partial charge in [-0.1, -0.05) is 48.0 Å². The second-order valence-corrected chi connectivity index (χ2v) is 6.92. The average Bonchev–Trinajstić information content (AvgIpc) is 2.71. The maximum absolute atomic E-state index is 12.5. The van der Waals surface area contributed by atoms with Crippen LogP contribution < -0.4 is 10.6 Å². The van der Waals surface area contributed by atoms with Crippen LogP contribution in [0.15, 0.2) is 72.8 Å². The van der Waals surface area contributed by atoms with Crippen LogP contribution in [-0.2, 0) is 6.42 Å². The number of benzene rings is 3. The summed E-state index contributed by atoms with van der Waals surface area (Å²) in [6.45, 7) is 2.43. The Morgan fingerprint density at radius 2 is 1.54 bits per heavy atom. The first kappa shape index (κ1) is 19.6.